The number of benzene rings is 3. The Morgan fingerprint density at radius 3 is 2.42 bits per heavy atom. The van der Waals surface area contributed by atoms with E-state index in [1.807, 2.05) is 12.1 Å². The van der Waals surface area contributed by atoms with Gasteiger partial charge in [-0.25, -0.2) is 4.98 Å². The number of para-hydroxylation sites is 1. The van der Waals surface area contributed by atoms with Crippen molar-refractivity contribution in [3.05, 3.63) is 77.4 Å². The Labute approximate surface area is 222 Å². The number of piperazine rings is 1. The number of fused-ring (bicyclic) bond motifs is 2. The van der Waals surface area contributed by atoms with Crippen LogP contribution >= 0.6 is 0 Å². The van der Waals surface area contributed by atoms with Crippen LogP contribution < -0.4 is 10.2 Å². The molecule has 0 bridgehead atoms. The van der Waals surface area contributed by atoms with Crippen LogP contribution in [0.4, 0.5) is 11.4 Å². The number of ketones is 1. The lowest BCUT2D eigenvalue weighted by atomic mass is 9.87. The molecule has 0 aliphatic carbocycles. The maximum Gasteiger partial charge on any atom is 0.292 e. The van der Waals surface area contributed by atoms with Crippen LogP contribution in [0.5, 0.6) is 0 Å². The summed E-state index contributed by atoms with van der Waals surface area (Å²) in [6, 6.07) is 21.1. The molecule has 2 aliphatic rings. The van der Waals surface area contributed by atoms with E-state index in [-0.39, 0.29) is 17.6 Å². The third kappa shape index (κ3) is 4.70. The third-order valence-corrected chi connectivity index (χ3v) is 7.66. The second-order valence-corrected chi connectivity index (χ2v) is 11.4. The molecule has 1 amide bonds. The number of Topliss-reactive ketones (excluding diaryl/α,β-unsaturated/α-hetero) is 1. The molecule has 1 fully saturated rings. The van der Waals surface area contributed by atoms with E-state index in [9.17, 15) is 9.59 Å². The molecule has 1 aromatic heterocycles. The van der Waals surface area contributed by atoms with E-state index in [0.717, 1.165) is 72.0 Å². The average Bonchev–Trinajstić information content (AvgIpc) is 3.34. The summed E-state index contributed by atoms with van der Waals surface area (Å²) in [6.07, 6.45) is 0.180. The number of rotatable bonds is 4. The van der Waals surface area contributed by atoms with Gasteiger partial charge in [0.05, 0.1) is 11.2 Å². The van der Waals surface area contributed by atoms with E-state index in [0.29, 0.717) is 0 Å². The molecule has 0 spiro atoms. The quantitative estimate of drug-likeness (QED) is 0.384. The normalized spacial score (nSPS) is 16.6. The Morgan fingerprint density at radius 2 is 1.68 bits per heavy atom. The van der Waals surface area contributed by atoms with Crippen LogP contribution in [0.3, 0.4) is 0 Å². The zero-order valence-corrected chi connectivity index (χ0v) is 22.2. The Bertz CT molecular complexity index is 1520. The highest BCUT2D eigenvalue weighted by Crippen LogP contribution is 2.31. The summed E-state index contributed by atoms with van der Waals surface area (Å²) in [6.45, 7) is 11.2. The van der Waals surface area contributed by atoms with Crippen LogP contribution in [0.15, 0.2) is 60.7 Å². The van der Waals surface area contributed by atoms with E-state index >= 15 is 0 Å². The lowest BCUT2D eigenvalue weighted by Gasteiger charge is -2.36. The summed E-state index contributed by atoms with van der Waals surface area (Å²) in [4.78, 5) is 36.9. The zero-order valence-electron chi connectivity index (χ0n) is 22.2. The molecule has 0 radical (unpaired) electrons. The predicted molar refractivity (Wildman–Crippen MR) is 152 cm³/mol. The van der Waals surface area contributed by atoms with Crippen molar-refractivity contribution in [2.24, 2.45) is 0 Å². The fourth-order valence-corrected chi connectivity index (χ4v) is 5.40. The van der Waals surface area contributed by atoms with Crippen molar-refractivity contribution in [2.75, 3.05) is 36.4 Å². The van der Waals surface area contributed by atoms with Crippen LogP contribution in [-0.2, 0) is 28.0 Å². The minimum absolute atomic E-state index is 0.123. The van der Waals surface area contributed by atoms with Crippen molar-refractivity contribution in [1.29, 1.82) is 0 Å². The molecular formula is C31H33N5O2. The monoisotopic (exact) mass is 507 g/mol. The smallest absolute Gasteiger partial charge is 0.292 e. The molecule has 7 heteroatoms. The lowest BCUT2D eigenvalue weighted by Crippen LogP contribution is -2.46. The molecule has 3 heterocycles. The van der Waals surface area contributed by atoms with Crippen molar-refractivity contribution in [3.8, 4) is 11.4 Å². The third-order valence-electron chi connectivity index (χ3n) is 7.66. The number of nitrogens with zero attached hydrogens (tertiary/aromatic N) is 3. The van der Waals surface area contributed by atoms with Gasteiger partial charge in [0.1, 0.15) is 11.3 Å². The first-order valence-corrected chi connectivity index (χ1v) is 13.3. The summed E-state index contributed by atoms with van der Waals surface area (Å²) in [5, 5.41) is 2.68. The van der Waals surface area contributed by atoms with Gasteiger partial charge in [0, 0.05) is 50.4 Å². The number of nitrogens with one attached hydrogen (secondary N) is 2. The van der Waals surface area contributed by atoms with E-state index < -0.39 is 5.91 Å². The van der Waals surface area contributed by atoms with Crippen molar-refractivity contribution in [2.45, 2.75) is 39.2 Å². The molecule has 194 valence electrons. The highest BCUT2D eigenvalue weighted by atomic mass is 16.2. The number of H-pyrrole nitrogens is 1. The van der Waals surface area contributed by atoms with Gasteiger partial charge < -0.3 is 15.2 Å². The largest absolute Gasteiger partial charge is 0.367 e. The van der Waals surface area contributed by atoms with Gasteiger partial charge in [0.25, 0.3) is 5.91 Å². The number of hydrogen-bond donors (Lipinski definition) is 2. The SMILES string of the molecule is CC(C)(C)c1ccc(-c2nc3c(N4CCN(Cc5ccc6c(c5)CC(=O)C(=O)N6)CC4)cccc3[nH]2)cc1. The molecule has 7 nitrogen and oxygen atoms in total. The standard InChI is InChI=1S/C31H33N5O2/c1-31(2,3)23-10-8-21(9-11-23)29-32-25-5-4-6-26(28(25)34-29)36-15-13-35(14-16-36)19-20-7-12-24-22(17-20)18-27(37)30(38)33-24/h4-12,17H,13-16,18-19H2,1-3H3,(H,32,34)(H,33,38). The lowest BCUT2D eigenvalue weighted by molar-refractivity contribution is -0.134. The van der Waals surface area contributed by atoms with Crippen molar-refractivity contribution in [1.82, 2.24) is 14.9 Å². The number of anilines is 2. The van der Waals surface area contributed by atoms with Gasteiger partial charge in [0.2, 0.25) is 5.78 Å². The molecule has 4 aromatic rings. The first-order valence-electron chi connectivity index (χ1n) is 13.3. The van der Waals surface area contributed by atoms with Gasteiger partial charge in [-0.15, -0.1) is 0 Å². The van der Waals surface area contributed by atoms with Crippen molar-refractivity contribution >= 4 is 34.1 Å². The van der Waals surface area contributed by atoms with Crippen LogP contribution in [0.2, 0.25) is 0 Å². The first kappa shape index (κ1) is 24.4. The highest BCUT2D eigenvalue weighted by Gasteiger charge is 2.24. The minimum Gasteiger partial charge on any atom is -0.367 e. The Hall–Kier alpha value is -3.97. The second kappa shape index (κ2) is 9.40. The number of imidazole rings is 1. The van der Waals surface area contributed by atoms with Gasteiger partial charge >= 0.3 is 0 Å². The Balaban J connectivity index is 1.15. The maximum atomic E-state index is 11.8. The maximum absolute atomic E-state index is 11.8. The first-order chi connectivity index (χ1) is 18.2. The number of carbonyl (C=O) groups is 2. The Morgan fingerprint density at radius 1 is 0.921 bits per heavy atom. The topological polar surface area (TPSA) is 81.3 Å². The number of carbonyl (C=O) groups excluding carboxylic acids is 2. The summed E-state index contributed by atoms with van der Waals surface area (Å²) < 4.78 is 0. The highest BCUT2D eigenvalue weighted by molar-refractivity contribution is 6.42. The van der Waals surface area contributed by atoms with Gasteiger partial charge in [-0.3, -0.25) is 14.5 Å². The molecule has 0 atom stereocenters. The van der Waals surface area contributed by atoms with Crippen molar-refractivity contribution in [3.63, 3.8) is 0 Å². The van der Waals surface area contributed by atoms with Gasteiger partial charge in [-0.1, -0.05) is 63.2 Å². The van der Waals surface area contributed by atoms with E-state index in [4.69, 9.17) is 4.98 Å². The van der Waals surface area contributed by atoms with Crippen LogP contribution in [-0.4, -0.2) is 52.7 Å². The number of hydrogen-bond acceptors (Lipinski definition) is 5. The van der Waals surface area contributed by atoms with Crippen LogP contribution in [0, 0.1) is 0 Å². The Kier molecular flexibility index (Phi) is 6.03. The van der Waals surface area contributed by atoms with Crippen LogP contribution in [0.1, 0.15) is 37.5 Å². The molecule has 2 N–H and O–H groups in total. The van der Waals surface area contributed by atoms with Crippen LogP contribution in [0.25, 0.3) is 22.4 Å². The molecule has 0 saturated carbocycles. The summed E-state index contributed by atoms with van der Waals surface area (Å²) in [5.41, 5.74) is 8.57. The van der Waals surface area contributed by atoms with E-state index in [1.165, 1.54) is 11.3 Å². The summed E-state index contributed by atoms with van der Waals surface area (Å²) in [5.74, 6) is 0.00776. The molecule has 1 saturated heterocycles. The minimum atomic E-state index is -0.515. The summed E-state index contributed by atoms with van der Waals surface area (Å²) >= 11 is 0. The number of aromatic amines is 1. The average molecular weight is 508 g/mol. The zero-order chi connectivity index (χ0) is 26.4. The number of aromatic nitrogens is 2. The molecule has 0 unspecified atom stereocenters. The molecule has 38 heavy (non-hydrogen) atoms. The molecule has 3 aromatic carbocycles. The fourth-order valence-electron chi connectivity index (χ4n) is 5.40. The van der Waals surface area contributed by atoms with Gasteiger partial charge in [0.15, 0.2) is 0 Å². The van der Waals surface area contributed by atoms with Gasteiger partial charge in [-0.2, -0.15) is 0 Å². The second-order valence-electron chi connectivity index (χ2n) is 11.4. The fraction of sp³-hybridized carbons (Fsp3) is 0.323. The van der Waals surface area contributed by atoms with E-state index in [1.54, 1.807) is 0 Å². The molecule has 6 rings (SSSR count). The number of amides is 1. The predicted octanol–water partition coefficient (Wildman–Crippen LogP) is 4.91. The summed E-state index contributed by atoms with van der Waals surface area (Å²) in [7, 11) is 0. The van der Waals surface area contributed by atoms with E-state index in [2.05, 4.69) is 89.4 Å². The van der Waals surface area contributed by atoms with Gasteiger partial charge in [-0.05, 0) is 40.3 Å². The molecular weight excluding hydrogens is 474 g/mol. The van der Waals surface area contributed by atoms with Crippen molar-refractivity contribution < 1.29 is 9.59 Å². The molecule has 2 aliphatic heterocycles.